The normalized spacial score (nSPS) is 10.6. The number of nitrogens with one attached hydrogen (secondary N) is 1. The minimum Gasteiger partial charge on any atom is -0.320 e. The summed E-state index contributed by atoms with van der Waals surface area (Å²) in [5.41, 5.74) is 2.60. The fourth-order valence-electron chi connectivity index (χ4n) is 1.71. The van der Waals surface area contributed by atoms with Gasteiger partial charge in [0.2, 0.25) is 0 Å². The van der Waals surface area contributed by atoms with Crippen molar-refractivity contribution in [3.05, 3.63) is 55.2 Å². The highest BCUT2D eigenvalue weighted by Crippen LogP contribution is 2.36. The highest BCUT2D eigenvalue weighted by molar-refractivity contribution is 6.52. The molecule has 1 aromatic carbocycles. The van der Waals surface area contributed by atoms with Crippen LogP contribution in [-0.2, 0) is 0 Å². The number of halogens is 4. The SMILES string of the molecule is Cc1cccc(NC(=O)c2nc(Cl)c(Cl)c(Cl)c2Cl)c1C. The van der Waals surface area contributed by atoms with Gasteiger partial charge in [0.25, 0.3) is 5.91 Å². The van der Waals surface area contributed by atoms with Gasteiger partial charge in [-0.2, -0.15) is 0 Å². The molecule has 0 radical (unpaired) electrons. The molecule has 1 amide bonds. The van der Waals surface area contributed by atoms with Crippen LogP contribution in [0.3, 0.4) is 0 Å². The van der Waals surface area contributed by atoms with E-state index in [0.717, 1.165) is 11.1 Å². The van der Waals surface area contributed by atoms with Crippen LogP contribution in [0.5, 0.6) is 0 Å². The van der Waals surface area contributed by atoms with E-state index in [1.54, 1.807) is 6.07 Å². The molecule has 0 saturated carbocycles. The third-order valence-corrected chi connectivity index (χ3v) is 4.73. The van der Waals surface area contributed by atoms with Gasteiger partial charge in [-0.05, 0) is 31.0 Å². The molecule has 2 rings (SSSR count). The molecule has 0 aliphatic carbocycles. The molecule has 1 N–H and O–H groups in total. The average Bonchev–Trinajstić information content (AvgIpc) is 2.45. The van der Waals surface area contributed by atoms with Gasteiger partial charge in [-0.1, -0.05) is 58.5 Å². The number of nitrogens with zero attached hydrogens (tertiary/aromatic N) is 1. The Morgan fingerprint density at radius 3 is 2.38 bits per heavy atom. The molecule has 0 aliphatic rings. The van der Waals surface area contributed by atoms with Crippen LogP contribution in [0.15, 0.2) is 18.2 Å². The maximum absolute atomic E-state index is 12.3. The van der Waals surface area contributed by atoms with Crippen molar-refractivity contribution in [3.8, 4) is 0 Å². The molecule has 0 atom stereocenters. The molecule has 110 valence electrons. The largest absolute Gasteiger partial charge is 0.320 e. The molecular weight excluding hydrogens is 354 g/mol. The van der Waals surface area contributed by atoms with Gasteiger partial charge in [-0.15, -0.1) is 0 Å². The van der Waals surface area contributed by atoms with Gasteiger partial charge in [0, 0.05) is 5.69 Å². The fourth-order valence-corrected chi connectivity index (χ4v) is 2.52. The molecule has 1 heterocycles. The Morgan fingerprint density at radius 2 is 1.71 bits per heavy atom. The molecule has 0 saturated heterocycles. The van der Waals surface area contributed by atoms with E-state index in [9.17, 15) is 4.79 Å². The van der Waals surface area contributed by atoms with Crippen molar-refractivity contribution in [2.45, 2.75) is 13.8 Å². The molecule has 21 heavy (non-hydrogen) atoms. The zero-order chi connectivity index (χ0) is 15.7. The summed E-state index contributed by atoms with van der Waals surface area (Å²) in [5, 5.41) is 2.65. The van der Waals surface area contributed by atoms with Crippen LogP contribution in [0.4, 0.5) is 5.69 Å². The molecule has 0 aliphatic heterocycles. The van der Waals surface area contributed by atoms with Crippen LogP contribution >= 0.6 is 46.4 Å². The average molecular weight is 364 g/mol. The molecule has 0 spiro atoms. The number of amides is 1. The summed E-state index contributed by atoms with van der Waals surface area (Å²) in [6.07, 6.45) is 0. The lowest BCUT2D eigenvalue weighted by molar-refractivity contribution is 0.102. The molecule has 0 bridgehead atoms. The van der Waals surface area contributed by atoms with E-state index < -0.39 is 5.91 Å². The Balaban J connectivity index is 2.40. The van der Waals surface area contributed by atoms with Crippen LogP contribution in [0.25, 0.3) is 0 Å². The summed E-state index contributed by atoms with van der Waals surface area (Å²) in [5.74, 6) is -0.505. The number of pyridine rings is 1. The minimum atomic E-state index is -0.505. The number of carbonyl (C=O) groups is 1. The summed E-state index contributed by atoms with van der Waals surface area (Å²) in [6, 6.07) is 5.58. The number of carbonyl (C=O) groups excluding carboxylic acids is 1. The first-order chi connectivity index (χ1) is 9.82. The molecule has 1 aromatic heterocycles. The first-order valence-corrected chi connectivity index (χ1v) is 7.41. The van der Waals surface area contributed by atoms with E-state index in [1.807, 2.05) is 26.0 Å². The third-order valence-electron chi connectivity index (χ3n) is 3.05. The lowest BCUT2D eigenvalue weighted by Gasteiger charge is -2.12. The van der Waals surface area contributed by atoms with Gasteiger partial charge in [-0.25, -0.2) is 4.98 Å². The van der Waals surface area contributed by atoms with Crippen molar-refractivity contribution in [2.24, 2.45) is 0 Å². The van der Waals surface area contributed by atoms with Gasteiger partial charge >= 0.3 is 0 Å². The smallest absolute Gasteiger partial charge is 0.275 e. The predicted molar refractivity (Wildman–Crippen MR) is 88.1 cm³/mol. The summed E-state index contributed by atoms with van der Waals surface area (Å²) >= 11 is 23.6. The first-order valence-electron chi connectivity index (χ1n) is 5.90. The maximum atomic E-state index is 12.3. The minimum absolute atomic E-state index is 0.00412. The van der Waals surface area contributed by atoms with Crippen molar-refractivity contribution >= 4 is 58.0 Å². The lowest BCUT2D eigenvalue weighted by atomic mass is 10.1. The summed E-state index contributed by atoms with van der Waals surface area (Å²) in [7, 11) is 0. The lowest BCUT2D eigenvalue weighted by Crippen LogP contribution is -2.15. The summed E-state index contributed by atoms with van der Waals surface area (Å²) in [4.78, 5) is 16.2. The molecule has 2 aromatic rings. The Morgan fingerprint density at radius 1 is 1.05 bits per heavy atom. The second-order valence-corrected chi connectivity index (χ2v) is 5.89. The van der Waals surface area contributed by atoms with Crippen molar-refractivity contribution in [2.75, 3.05) is 5.32 Å². The number of hydrogen-bond acceptors (Lipinski definition) is 2. The van der Waals surface area contributed by atoms with E-state index in [-0.39, 0.29) is 25.9 Å². The van der Waals surface area contributed by atoms with E-state index in [2.05, 4.69) is 10.3 Å². The zero-order valence-electron chi connectivity index (χ0n) is 11.1. The molecule has 0 fully saturated rings. The quantitative estimate of drug-likeness (QED) is 0.709. The van der Waals surface area contributed by atoms with Gasteiger partial charge in [0.15, 0.2) is 0 Å². The van der Waals surface area contributed by atoms with Crippen LogP contribution in [0.2, 0.25) is 20.2 Å². The van der Waals surface area contributed by atoms with Gasteiger partial charge in [-0.3, -0.25) is 4.79 Å². The summed E-state index contributed by atoms with van der Waals surface area (Å²) < 4.78 is 0. The molecule has 7 heteroatoms. The second kappa shape index (κ2) is 6.41. The molecule has 0 unspecified atom stereocenters. The third kappa shape index (κ3) is 3.27. The highest BCUT2D eigenvalue weighted by Gasteiger charge is 2.20. The van der Waals surface area contributed by atoms with Crippen LogP contribution < -0.4 is 5.32 Å². The number of anilines is 1. The summed E-state index contributed by atoms with van der Waals surface area (Å²) in [6.45, 7) is 3.86. The van der Waals surface area contributed by atoms with Crippen LogP contribution in [0, 0.1) is 13.8 Å². The molecule has 3 nitrogen and oxygen atoms in total. The molecular formula is C14H10Cl4N2O. The monoisotopic (exact) mass is 362 g/mol. The van der Waals surface area contributed by atoms with Crippen LogP contribution in [0.1, 0.15) is 21.6 Å². The number of benzene rings is 1. The van der Waals surface area contributed by atoms with Crippen molar-refractivity contribution in [3.63, 3.8) is 0 Å². The van der Waals surface area contributed by atoms with Crippen molar-refractivity contribution in [1.29, 1.82) is 0 Å². The Labute approximate surface area is 142 Å². The maximum Gasteiger partial charge on any atom is 0.275 e. The number of aromatic nitrogens is 1. The number of aryl methyl sites for hydroxylation is 1. The topological polar surface area (TPSA) is 42.0 Å². The van der Waals surface area contributed by atoms with Crippen LogP contribution in [-0.4, -0.2) is 10.9 Å². The van der Waals surface area contributed by atoms with Crippen molar-refractivity contribution in [1.82, 2.24) is 4.98 Å². The number of hydrogen-bond donors (Lipinski definition) is 1. The van der Waals surface area contributed by atoms with Gasteiger partial charge in [0.1, 0.15) is 10.8 Å². The number of rotatable bonds is 2. The van der Waals surface area contributed by atoms with E-state index in [0.29, 0.717) is 5.69 Å². The Kier molecular flexibility index (Phi) is 4.99. The van der Waals surface area contributed by atoms with Crippen molar-refractivity contribution < 1.29 is 4.79 Å². The Hall–Kier alpha value is -1.000. The van der Waals surface area contributed by atoms with E-state index in [4.69, 9.17) is 46.4 Å². The first kappa shape index (κ1) is 16.4. The highest BCUT2D eigenvalue weighted by atomic mass is 35.5. The fraction of sp³-hybridized carbons (Fsp3) is 0.143. The van der Waals surface area contributed by atoms with Gasteiger partial charge in [0.05, 0.1) is 15.1 Å². The standard InChI is InChI=1S/C14H10Cl4N2O/c1-6-4-3-5-8(7(6)2)19-14(21)12-10(16)9(15)11(17)13(18)20-12/h3-5H,1-2H3,(H,19,21). The van der Waals surface area contributed by atoms with Gasteiger partial charge < -0.3 is 5.32 Å². The zero-order valence-corrected chi connectivity index (χ0v) is 14.1. The van der Waals surface area contributed by atoms with E-state index >= 15 is 0 Å². The predicted octanol–water partition coefficient (Wildman–Crippen LogP) is 5.56. The second-order valence-electron chi connectivity index (χ2n) is 4.39. The Bertz CT molecular complexity index is 731. The van der Waals surface area contributed by atoms with E-state index in [1.165, 1.54) is 0 Å².